The third-order valence-corrected chi connectivity index (χ3v) is 3.30. The van der Waals surface area contributed by atoms with Gasteiger partial charge in [0.05, 0.1) is 13.0 Å². The summed E-state index contributed by atoms with van der Waals surface area (Å²) in [7, 11) is 1.48. The second-order valence-corrected chi connectivity index (χ2v) is 5.78. The summed E-state index contributed by atoms with van der Waals surface area (Å²) in [5.74, 6) is -0.879. The van der Waals surface area contributed by atoms with Crippen molar-refractivity contribution in [2.24, 2.45) is 5.92 Å². The monoisotopic (exact) mass is 324 g/mol. The molecule has 1 aromatic carbocycles. The molecule has 0 saturated carbocycles. The zero-order valence-corrected chi connectivity index (χ0v) is 14.2. The van der Waals surface area contributed by atoms with Crippen molar-refractivity contribution < 1.29 is 28.9 Å². The fourth-order valence-electron chi connectivity index (χ4n) is 1.96. The molecule has 0 bridgehead atoms. The molecule has 6 heteroatoms. The van der Waals surface area contributed by atoms with Gasteiger partial charge in [-0.05, 0) is 18.6 Å². The second-order valence-electron chi connectivity index (χ2n) is 5.78. The molecule has 6 nitrogen and oxygen atoms in total. The highest BCUT2D eigenvalue weighted by Gasteiger charge is 2.36. The maximum atomic E-state index is 11.7. The number of methoxy groups -OCH3 is 1. The van der Waals surface area contributed by atoms with Crippen LogP contribution in [-0.2, 0) is 24.7 Å². The average Bonchev–Trinajstić information content (AvgIpc) is 2.50. The van der Waals surface area contributed by atoms with E-state index < -0.39 is 17.5 Å². The molecule has 1 aromatic rings. The van der Waals surface area contributed by atoms with Gasteiger partial charge in [-0.3, -0.25) is 9.59 Å². The van der Waals surface area contributed by atoms with Crippen LogP contribution in [0.3, 0.4) is 0 Å². The van der Waals surface area contributed by atoms with Gasteiger partial charge in [0.1, 0.15) is 19.0 Å². The standard InChI is InChI=1S/C17H24O6/c1-11(2)16(19)23-10-17(20,9-22-13(4)18)14-7-6-12(3)8-15(14)21-5/h6-8,11,20H,9-10H2,1-5H3/t17-/m1/s1. The van der Waals surface area contributed by atoms with Crippen LogP contribution >= 0.6 is 0 Å². The lowest BCUT2D eigenvalue weighted by atomic mass is 9.93. The van der Waals surface area contributed by atoms with Crippen molar-refractivity contribution in [3.8, 4) is 5.75 Å². The molecule has 23 heavy (non-hydrogen) atoms. The minimum absolute atomic E-state index is 0.326. The molecule has 0 radical (unpaired) electrons. The van der Waals surface area contributed by atoms with Crippen LogP contribution in [0.1, 0.15) is 31.9 Å². The van der Waals surface area contributed by atoms with Gasteiger partial charge >= 0.3 is 11.9 Å². The van der Waals surface area contributed by atoms with E-state index in [2.05, 4.69) is 0 Å². The van der Waals surface area contributed by atoms with Crippen molar-refractivity contribution in [1.29, 1.82) is 0 Å². The molecule has 0 spiro atoms. The minimum atomic E-state index is -1.69. The van der Waals surface area contributed by atoms with Gasteiger partial charge < -0.3 is 19.3 Å². The molecule has 0 fully saturated rings. The van der Waals surface area contributed by atoms with Gasteiger partial charge in [0, 0.05) is 12.5 Å². The predicted molar refractivity (Wildman–Crippen MR) is 84.1 cm³/mol. The van der Waals surface area contributed by atoms with E-state index in [1.807, 2.05) is 6.92 Å². The van der Waals surface area contributed by atoms with E-state index in [9.17, 15) is 14.7 Å². The van der Waals surface area contributed by atoms with E-state index in [1.165, 1.54) is 14.0 Å². The van der Waals surface area contributed by atoms with Gasteiger partial charge in [0.2, 0.25) is 0 Å². The Labute approximate surface area is 136 Å². The zero-order valence-electron chi connectivity index (χ0n) is 14.2. The molecular formula is C17H24O6. The molecule has 0 heterocycles. The highest BCUT2D eigenvalue weighted by atomic mass is 16.6. The minimum Gasteiger partial charge on any atom is -0.496 e. The lowest BCUT2D eigenvalue weighted by molar-refractivity contribution is -0.165. The number of esters is 2. The van der Waals surface area contributed by atoms with Gasteiger partial charge in [0.15, 0.2) is 5.60 Å². The lowest BCUT2D eigenvalue weighted by Crippen LogP contribution is -2.39. The fourth-order valence-corrected chi connectivity index (χ4v) is 1.96. The van der Waals surface area contributed by atoms with Crippen molar-refractivity contribution in [3.05, 3.63) is 29.3 Å². The zero-order chi connectivity index (χ0) is 17.6. The maximum absolute atomic E-state index is 11.7. The van der Waals surface area contributed by atoms with Crippen molar-refractivity contribution in [1.82, 2.24) is 0 Å². The number of benzene rings is 1. The van der Waals surface area contributed by atoms with Crippen LogP contribution in [-0.4, -0.2) is 37.4 Å². The van der Waals surface area contributed by atoms with Gasteiger partial charge in [-0.15, -0.1) is 0 Å². The van der Waals surface area contributed by atoms with Gasteiger partial charge in [-0.1, -0.05) is 26.0 Å². The largest absolute Gasteiger partial charge is 0.496 e. The smallest absolute Gasteiger partial charge is 0.308 e. The lowest BCUT2D eigenvalue weighted by Gasteiger charge is -2.29. The Morgan fingerprint density at radius 3 is 2.35 bits per heavy atom. The van der Waals surface area contributed by atoms with Crippen LogP contribution in [0.25, 0.3) is 0 Å². The first-order valence-corrected chi connectivity index (χ1v) is 7.37. The number of aryl methyl sites for hydroxylation is 1. The molecule has 0 aliphatic heterocycles. The first-order valence-electron chi connectivity index (χ1n) is 7.37. The molecule has 0 aliphatic carbocycles. The predicted octanol–water partition coefficient (Wildman–Crippen LogP) is 1.95. The van der Waals surface area contributed by atoms with Crippen molar-refractivity contribution in [3.63, 3.8) is 0 Å². The summed E-state index contributed by atoms with van der Waals surface area (Å²) in [6, 6.07) is 5.21. The third kappa shape index (κ3) is 5.25. The number of ether oxygens (including phenoxy) is 3. The van der Waals surface area contributed by atoms with Crippen LogP contribution < -0.4 is 4.74 Å². The molecule has 0 aliphatic rings. The average molecular weight is 324 g/mol. The SMILES string of the molecule is COc1cc(C)ccc1[C@@](O)(COC(C)=O)COC(=O)C(C)C. The van der Waals surface area contributed by atoms with E-state index in [1.54, 1.807) is 32.0 Å². The number of carbonyl (C=O) groups excluding carboxylic acids is 2. The Balaban J connectivity index is 3.12. The first-order chi connectivity index (χ1) is 10.7. The van der Waals surface area contributed by atoms with E-state index in [-0.39, 0.29) is 19.1 Å². The molecule has 128 valence electrons. The number of hydrogen-bond donors (Lipinski definition) is 1. The molecule has 0 saturated heterocycles. The summed E-state index contributed by atoms with van der Waals surface area (Å²) in [5, 5.41) is 10.9. The highest BCUT2D eigenvalue weighted by Crippen LogP contribution is 2.32. The summed E-state index contributed by atoms with van der Waals surface area (Å²) < 4.78 is 15.4. The van der Waals surface area contributed by atoms with Gasteiger partial charge in [-0.25, -0.2) is 0 Å². The van der Waals surface area contributed by atoms with E-state index in [0.717, 1.165) is 5.56 Å². The number of aliphatic hydroxyl groups is 1. The Hall–Kier alpha value is -2.08. The van der Waals surface area contributed by atoms with Crippen LogP contribution in [0, 0.1) is 12.8 Å². The quantitative estimate of drug-likeness (QED) is 0.772. The summed E-state index contributed by atoms with van der Waals surface area (Å²) in [5.41, 5.74) is -0.349. The van der Waals surface area contributed by atoms with Crippen molar-refractivity contribution in [2.75, 3.05) is 20.3 Å². The van der Waals surface area contributed by atoms with E-state index in [4.69, 9.17) is 14.2 Å². The normalized spacial score (nSPS) is 13.3. The molecular weight excluding hydrogens is 300 g/mol. The molecule has 0 unspecified atom stereocenters. The van der Waals surface area contributed by atoms with Crippen molar-refractivity contribution in [2.45, 2.75) is 33.3 Å². The third-order valence-electron chi connectivity index (χ3n) is 3.30. The van der Waals surface area contributed by atoms with Crippen LogP contribution in [0.15, 0.2) is 18.2 Å². The number of hydrogen-bond acceptors (Lipinski definition) is 6. The Bertz CT molecular complexity index is 566. The topological polar surface area (TPSA) is 82.1 Å². The molecule has 1 N–H and O–H groups in total. The van der Waals surface area contributed by atoms with Crippen LogP contribution in [0.5, 0.6) is 5.75 Å². The molecule has 0 amide bonds. The van der Waals surface area contributed by atoms with E-state index >= 15 is 0 Å². The van der Waals surface area contributed by atoms with Crippen LogP contribution in [0.4, 0.5) is 0 Å². The summed E-state index contributed by atoms with van der Waals surface area (Å²) in [4.78, 5) is 22.8. The summed E-state index contributed by atoms with van der Waals surface area (Å²) in [6.45, 7) is 5.84. The van der Waals surface area contributed by atoms with Gasteiger partial charge in [-0.2, -0.15) is 0 Å². The Kier molecular flexibility index (Phi) is 6.57. The van der Waals surface area contributed by atoms with Crippen molar-refractivity contribution >= 4 is 11.9 Å². The van der Waals surface area contributed by atoms with E-state index in [0.29, 0.717) is 11.3 Å². The maximum Gasteiger partial charge on any atom is 0.308 e. The summed E-state index contributed by atoms with van der Waals surface area (Å²) in [6.07, 6.45) is 0. The van der Waals surface area contributed by atoms with Gasteiger partial charge in [0.25, 0.3) is 0 Å². The number of carbonyl (C=O) groups is 2. The molecule has 1 rings (SSSR count). The second kappa shape index (κ2) is 7.97. The Morgan fingerprint density at radius 1 is 1.22 bits per heavy atom. The number of rotatable bonds is 7. The summed E-state index contributed by atoms with van der Waals surface area (Å²) >= 11 is 0. The highest BCUT2D eigenvalue weighted by molar-refractivity contribution is 5.71. The fraction of sp³-hybridized carbons (Fsp3) is 0.529. The first kappa shape index (κ1) is 19.0. The van der Waals surface area contributed by atoms with Crippen LogP contribution in [0.2, 0.25) is 0 Å². The molecule has 0 aromatic heterocycles. The molecule has 1 atom stereocenters. The Morgan fingerprint density at radius 2 is 1.83 bits per heavy atom.